The van der Waals surface area contributed by atoms with E-state index in [9.17, 15) is 0 Å². The molecule has 0 aliphatic carbocycles. The summed E-state index contributed by atoms with van der Waals surface area (Å²) < 4.78 is 0. The molecule has 0 radical (unpaired) electrons. The first-order valence-corrected chi connectivity index (χ1v) is 7.96. The van der Waals surface area contributed by atoms with Gasteiger partial charge in [-0.25, -0.2) is 4.98 Å². The van der Waals surface area contributed by atoms with Crippen LogP contribution >= 0.6 is 11.3 Å². The van der Waals surface area contributed by atoms with Crippen LogP contribution < -0.4 is 16.8 Å². The third kappa shape index (κ3) is 5.55. The number of allylic oxidation sites excluding steroid dienone is 1. The van der Waals surface area contributed by atoms with E-state index in [4.69, 9.17) is 11.5 Å². The number of nitrogens with one attached hydrogen (secondary N) is 1. The molecule has 1 aromatic heterocycles. The van der Waals surface area contributed by atoms with Crippen molar-refractivity contribution in [2.24, 2.45) is 21.5 Å². The Labute approximate surface area is 139 Å². The van der Waals surface area contributed by atoms with Gasteiger partial charge in [0.15, 0.2) is 5.96 Å². The Balaban J connectivity index is 2.06. The van der Waals surface area contributed by atoms with Crippen LogP contribution in [-0.2, 0) is 0 Å². The van der Waals surface area contributed by atoms with E-state index < -0.39 is 0 Å². The van der Waals surface area contributed by atoms with Crippen molar-refractivity contribution in [3.8, 4) is 11.3 Å². The van der Waals surface area contributed by atoms with Gasteiger partial charge in [0.25, 0.3) is 0 Å². The van der Waals surface area contributed by atoms with Gasteiger partial charge in [0, 0.05) is 16.6 Å². The van der Waals surface area contributed by atoms with Crippen molar-refractivity contribution in [3.63, 3.8) is 0 Å². The molecule has 0 amide bonds. The number of aromatic nitrogens is 1. The molecular weight excluding hydrogens is 308 g/mol. The normalized spacial score (nSPS) is 10.5. The lowest BCUT2D eigenvalue weighted by Crippen LogP contribution is -2.21. The minimum absolute atomic E-state index is 0.00824. The second kappa shape index (κ2) is 8.09. The number of anilines is 1. The van der Waals surface area contributed by atoms with E-state index in [0.717, 1.165) is 16.9 Å². The van der Waals surface area contributed by atoms with Gasteiger partial charge in [-0.15, -0.1) is 11.3 Å². The highest BCUT2D eigenvalue weighted by Gasteiger charge is 2.04. The fourth-order valence-electron chi connectivity index (χ4n) is 1.74. The van der Waals surface area contributed by atoms with Crippen molar-refractivity contribution in [2.45, 2.75) is 13.8 Å². The molecule has 0 saturated carbocycles. The summed E-state index contributed by atoms with van der Waals surface area (Å²) in [5.74, 6) is 0.00824. The molecule has 7 heteroatoms. The van der Waals surface area contributed by atoms with Gasteiger partial charge in [0.05, 0.1) is 18.6 Å². The molecule has 1 heterocycles. The molecule has 23 heavy (non-hydrogen) atoms. The van der Waals surface area contributed by atoms with Gasteiger partial charge in [-0.2, -0.15) is 4.99 Å². The van der Waals surface area contributed by atoms with Crippen LogP contribution in [0.3, 0.4) is 0 Å². The van der Waals surface area contributed by atoms with Crippen molar-refractivity contribution >= 4 is 34.5 Å². The first-order valence-electron chi connectivity index (χ1n) is 7.08. The number of hydrogen-bond donors (Lipinski definition) is 3. The van der Waals surface area contributed by atoms with Crippen molar-refractivity contribution < 1.29 is 0 Å². The molecule has 0 atom stereocenters. The maximum Gasteiger partial charge on any atom is 0.212 e. The van der Waals surface area contributed by atoms with Crippen LogP contribution in [0.4, 0.5) is 10.8 Å². The topological polar surface area (TPSA) is 102 Å². The maximum atomic E-state index is 5.36. The second-order valence-corrected chi connectivity index (χ2v) is 5.89. The number of rotatable bonds is 6. The van der Waals surface area contributed by atoms with Crippen LogP contribution in [0.5, 0.6) is 0 Å². The molecule has 2 rings (SSSR count). The lowest BCUT2D eigenvalue weighted by molar-refractivity contribution is 1.21. The van der Waals surface area contributed by atoms with E-state index in [-0.39, 0.29) is 5.96 Å². The summed E-state index contributed by atoms with van der Waals surface area (Å²) in [7, 11) is 0. The van der Waals surface area contributed by atoms with Gasteiger partial charge >= 0.3 is 0 Å². The van der Waals surface area contributed by atoms with E-state index in [1.807, 2.05) is 29.6 Å². The summed E-state index contributed by atoms with van der Waals surface area (Å²) in [6.45, 7) is 4.77. The van der Waals surface area contributed by atoms with Gasteiger partial charge in [-0.1, -0.05) is 23.8 Å². The Morgan fingerprint density at radius 1 is 1.35 bits per heavy atom. The lowest BCUT2D eigenvalue weighted by atomic mass is 10.1. The molecular formula is C16H20N6S. The monoisotopic (exact) mass is 328 g/mol. The van der Waals surface area contributed by atoms with Gasteiger partial charge in [-0.05, 0) is 26.0 Å². The molecule has 2 aromatic rings. The van der Waals surface area contributed by atoms with Crippen LogP contribution in [0, 0.1) is 0 Å². The number of benzene rings is 1. The van der Waals surface area contributed by atoms with E-state index in [1.54, 1.807) is 6.34 Å². The summed E-state index contributed by atoms with van der Waals surface area (Å²) in [6, 6.07) is 7.92. The minimum Gasteiger partial charge on any atom is -0.370 e. The summed E-state index contributed by atoms with van der Waals surface area (Å²) in [4.78, 5) is 12.6. The number of thiazole rings is 1. The molecule has 0 spiro atoms. The van der Waals surface area contributed by atoms with Crippen LogP contribution in [0.2, 0.25) is 0 Å². The summed E-state index contributed by atoms with van der Waals surface area (Å²) in [5.41, 5.74) is 14.7. The van der Waals surface area contributed by atoms with Crippen LogP contribution in [0.15, 0.2) is 51.3 Å². The SMILES string of the molecule is CC(C)=CCN=CNc1cccc(-c2csc(N=C(N)N)n2)c1. The molecule has 1 aromatic carbocycles. The average molecular weight is 328 g/mol. The standard InChI is InChI=1S/C16H20N6S/c1-11(2)6-7-19-10-20-13-5-3-4-12(8-13)14-9-23-16(21-14)22-15(17)18/h3-6,8-10H,7H2,1-2H3,(H,19,20)(H4,17,18,21,22). The maximum absolute atomic E-state index is 5.36. The van der Waals surface area contributed by atoms with Gasteiger partial charge < -0.3 is 16.8 Å². The smallest absolute Gasteiger partial charge is 0.212 e. The molecule has 0 aliphatic heterocycles. The highest BCUT2D eigenvalue weighted by Crippen LogP contribution is 2.27. The fourth-order valence-corrected chi connectivity index (χ4v) is 2.45. The third-order valence-electron chi connectivity index (χ3n) is 2.80. The number of guanidine groups is 1. The molecule has 0 aliphatic rings. The summed E-state index contributed by atoms with van der Waals surface area (Å²) >= 11 is 1.39. The van der Waals surface area contributed by atoms with E-state index in [0.29, 0.717) is 11.7 Å². The Hall–Kier alpha value is -2.67. The molecule has 5 N–H and O–H groups in total. The molecule has 0 saturated heterocycles. The minimum atomic E-state index is 0.00824. The molecule has 0 bridgehead atoms. The zero-order chi connectivity index (χ0) is 16.7. The van der Waals surface area contributed by atoms with E-state index in [1.165, 1.54) is 16.9 Å². The van der Waals surface area contributed by atoms with Gasteiger partial charge in [0.2, 0.25) is 5.13 Å². The van der Waals surface area contributed by atoms with Gasteiger partial charge in [0.1, 0.15) is 0 Å². The molecule has 0 fully saturated rings. The quantitative estimate of drug-likeness (QED) is 0.431. The molecule has 6 nitrogen and oxygen atoms in total. The zero-order valence-electron chi connectivity index (χ0n) is 13.2. The summed E-state index contributed by atoms with van der Waals surface area (Å²) in [5, 5.41) is 5.62. The second-order valence-electron chi connectivity index (χ2n) is 5.05. The number of aliphatic imine (C=N–C) groups is 2. The third-order valence-corrected chi connectivity index (χ3v) is 3.54. The van der Waals surface area contributed by atoms with Crippen molar-refractivity contribution in [3.05, 3.63) is 41.3 Å². The average Bonchev–Trinajstić information content (AvgIpc) is 2.94. The Kier molecular flexibility index (Phi) is 5.87. The predicted molar refractivity (Wildman–Crippen MR) is 99.4 cm³/mol. The Morgan fingerprint density at radius 3 is 2.91 bits per heavy atom. The fraction of sp³-hybridized carbons (Fsp3) is 0.188. The van der Waals surface area contributed by atoms with Crippen LogP contribution in [0.1, 0.15) is 13.8 Å². The van der Waals surface area contributed by atoms with Crippen molar-refractivity contribution in [1.29, 1.82) is 0 Å². The van der Waals surface area contributed by atoms with Crippen LogP contribution in [-0.4, -0.2) is 23.8 Å². The first kappa shape index (κ1) is 16.7. The first-order chi connectivity index (χ1) is 11.0. The zero-order valence-corrected chi connectivity index (χ0v) is 14.0. The van der Waals surface area contributed by atoms with E-state index in [2.05, 4.69) is 40.2 Å². The lowest BCUT2D eigenvalue weighted by Gasteiger charge is -2.02. The largest absolute Gasteiger partial charge is 0.370 e. The number of nitrogens with zero attached hydrogens (tertiary/aromatic N) is 3. The highest BCUT2D eigenvalue weighted by atomic mass is 32.1. The summed E-state index contributed by atoms with van der Waals surface area (Å²) in [6.07, 6.45) is 3.76. The Bertz CT molecular complexity index is 737. The molecule has 0 unspecified atom stereocenters. The van der Waals surface area contributed by atoms with Gasteiger partial charge in [-0.3, -0.25) is 4.99 Å². The predicted octanol–water partition coefficient (Wildman–Crippen LogP) is 3.12. The van der Waals surface area contributed by atoms with Crippen molar-refractivity contribution in [2.75, 3.05) is 11.9 Å². The molecule has 120 valence electrons. The van der Waals surface area contributed by atoms with Crippen molar-refractivity contribution in [1.82, 2.24) is 4.98 Å². The van der Waals surface area contributed by atoms with Crippen LogP contribution in [0.25, 0.3) is 11.3 Å². The highest BCUT2D eigenvalue weighted by molar-refractivity contribution is 7.13. The Morgan fingerprint density at radius 2 is 2.17 bits per heavy atom. The van der Waals surface area contributed by atoms with E-state index >= 15 is 0 Å². The number of nitrogens with two attached hydrogens (primary N) is 2. The number of hydrogen-bond acceptors (Lipinski definition) is 4.